The van der Waals surface area contributed by atoms with Crippen LogP contribution in [0.5, 0.6) is 0 Å². The summed E-state index contributed by atoms with van der Waals surface area (Å²) in [5, 5.41) is 0. The van der Waals surface area contributed by atoms with Crippen molar-refractivity contribution in [3.8, 4) is 0 Å². The van der Waals surface area contributed by atoms with Gasteiger partial charge < -0.3 is 4.74 Å². The van der Waals surface area contributed by atoms with Crippen molar-refractivity contribution >= 4 is 5.78 Å². The third-order valence-electron chi connectivity index (χ3n) is 4.34. The van der Waals surface area contributed by atoms with Crippen LogP contribution in [0.15, 0.2) is 18.2 Å². The van der Waals surface area contributed by atoms with E-state index >= 15 is 0 Å². The standard InChI is InChI=1S/C17H23FO2/c1-4-20-17(9-7-12(2)8-10-17)16(19)14-5-6-15(18)13(3)11-14/h5-6,11-12H,4,7-10H2,1-3H3. The first kappa shape index (κ1) is 15.2. The number of ketones is 1. The molecule has 2 rings (SSSR count). The summed E-state index contributed by atoms with van der Waals surface area (Å²) in [5.74, 6) is 0.380. The molecule has 0 heterocycles. The number of rotatable bonds is 4. The highest BCUT2D eigenvalue weighted by atomic mass is 19.1. The van der Waals surface area contributed by atoms with Crippen molar-refractivity contribution in [1.29, 1.82) is 0 Å². The van der Waals surface area contributed by atoms with Gasteiger partial charge in [0.15, 0.2) is 5.78 Å². The molecule has 0 saturated heterocycles. The zero-order valence-electron chi connectivity index (χ0n) is 12.5. The minimum Gasteiger partial charge on any atom is -0.367 e. The number of ether oxygens (including phenoxy) is 1. The molecule has 0 atom stereocenters. The fourth-order valence-corrected chi connectivity index (χ4v) is 2.99. The molecular weight excluding hydrogens is 255 g/mol. The van der Waals surface area contributed by atoms with Gasteiger partial charge in [-0.3, -0.25) is 4.79 Å². The number of hydrogen-bond acceptors (Lipinski definition) is 2. The molecule has 3 heteroatoms. The Labute approximate surface area is 120 Å². The summed E-state index contributed by atoms with van der Waals surface area (Å²) >= 11 is 0. The predicted molar refractivity (Wildman–Crippen MR) is 77.5 cm³/mol. The smallest absolute Gasteiger partial charge is 0.194 e. The van der Waals surface area contributed by atoms with Crippen LogP contribution in [0.25, 0.3) is 0 Å². The molecule has 0 radical (unpaired) electrons. The zero-order valence-corrected chi connectivity index (χ0v) is 12.5. The summed E-state index contributed by atoms with van der Waals surface area (Å²) in [6.07, 6.45) is 3.53. The summed E-state index contributed by atoms with van der Waals surface area (Å²) in [6, 6.07) is 4.58. The Balaban J connectivity index is 2.29. The van der Waals surface area contributed by atoms with Crippen molar-refractivity contribution in [2.75, 3.05) is 6.61 Å². The first-order valence-electron chi connectivity index (χ1n) is 7.43. The van der Waals surface area contributed by atoms with Gasteiger partial charge in [0.05, 0.1) is 0 Å². The molecule has 1 saturated carbocycles. The van der Waals surface area contributed by atoms with Gasteiger partial charge in [-0.1, -0.05) is 6.92 Å². The molecule has 1 aromatic carbocycles. The molecule has 0 aliphatic heterocycles. The van der Waals surface area contributed by atoms with E-state index in [1.807, 2.05) is 6.92 Å². The van der Waals surface area contributed by atoms with Gasteiger partial charge in [-0.05, 0) is 69.2 Å². The molecule has 1 aromatic rings. The van der Waals surface area contributed by atoms with E-state index < -0.39 is 5.60 Å². The average molecular weight is 278 g/mol. The third kappa shape index (κ3) is 2.93. The lowest BCUT2D eigenvalue weighted by Crippen LogP contribution is -2.44. The van der Waals surface area contributed by atoms with Crippen molar-refractivity contribution in [3.63, 3.8) is 0 Å². The minimum atomic E-state index is -0.703. The molecule has 0 N–H and O–H groups in total. The third-order valence-corrected chi connectivity index (χ3v) is 4.34. The second-order valence-electron chi connectivity index (χ2n) is 5.90. The first-order chi connectivity index (χ1) is 9.48. The van der Waals surface area contributed by atoms with Crippen molar-refractivity contribution < 1.29 is 13.9 Å². The molecule has 0 spiro atoms. The minimum absolute atomic E-state index is 0.00866. The molecule has 1 aliphatic carbocycles. The summed E-state index contributed by atoms with van der Waals surface area (Å²) in [6.45, 7) is 6.34. The monoisotopic (exact) mass is 278 g/mol. The van der Waals surface area contributed by atoms with Crippen LogP contribution in [0, 0.1) is 18.7 Å². The lowest BCUT2D eigenvalue weighted by molar-refractivity contribution is -0.0474. The van der Waals surface area contributed by atoms with E-state index in [-0.39, 0.29) is 11.6 Å². The quantitative estimate of drug-likeness (QED) is 0.767. The van der Waals surface area contributed by atoms with Gasteiger partial charge in [-0.2, -0.15) is 0 Å². The highest BCUT2D eigenvalue weighted by Crippen LogP contribution is 2.37. The van der Waals surface area contributed by atoms with Crippen LogP contribution in [0.2, 0.25) is 0 Å². The molecule has 110 valence electrons. The Morgan fingerprint density at radius 1 is 1.40 bits per heavy atom. The number of hydrogen-bond donors (Lipinski definition) is 0. The van der Waals surface area contributed by atoms with Crippen LogP contribution in [0.3, 0.4) is 0 Å². The zero-order chi connectivity index (χ0) is 14.8. The molecule has 1 fully saturated rings. The Hall–Kier alpha value is -1.22. The number of carbonyl (C=O) groups excluding carboxylic acids is 1. The number of benzene rings is 1. The number of aryl methyl sites for hydroxylation is 1. The van der Waals surface area contributed by atoms with E-state index in [1.54, 1.807) is 19.1 Å². The van der Waals surface area contributed by atoms with Gasteiger partial charge in [0.2, 0.25) is 0 Å². The second-order valence-corrected chi connectivity index (χ2v) is 5.90. The summed E-state index contributed by atoms with van der Waals surface area (Å²) in [4.78, 5) is 12.8. The van der Waals surface area contributed by atoms with Crippen LogP contribution in [0.4, 0.5) is 4.39 Å². The largest absolute Gasteiger partial charge is 0.367 e. The fourth-order valence-electron chi connectivity index (χ4n) is 2.99. The maximum atomic E-state index is 13.4. The Kier molecular flexibility index (Phi) is 4.59. The molecule has 1 aliphatic rings. The second kappa shape index (κ2) is 6.04. The van der Waals surface area contributed by atoms with E-state index in [1.165, 1.54) is 6.07 Å². The molecule has 0 amide bonds. The Morgan fingerprint density at radius 2 is 2.05 bits per heavy atom. The van der Waals surface area contributed by atoms with Crippen LogP contribution in [-0.2, 0) is 4.74 Å². The van der Waals surface area contributed by atoms with Crippen molar-refractivity contribution in [2.24, 2.45) is 5.92 Å². The maximum absolute atomic E-state index is 13.4. The van der Waals surface area contributed by atoms with Crippen LogP contribution >= 0.6 is 0 Å². The van der Waals surface area contributed by atoms with Crippen LogP contribution in [-0.4, -0.2) is 18.0 Å². The lowest BCUT2D eigenvalue weighted by Gasteiger charge is -2.37. The summed E-state index contributed by atoms with van der Waals surface area (Å²) in [7, 11) is 0. The van der Waals surface area contributed by atoms with E-state index in [0.29, 0.717) is 23.7 Å². The van der Waals surface area contributed by atoms with Gasteiger partial charge in [-0.25, -0.2) is 4.39 Å². The van der Waals surface area contributed by atoms with Gasteiger partial charge in [0.1, 0.15) is 11.4 Å². The highest BCUT2D eigenvalue weighted by molar-refractivity contribution is 6.02. The SMILES string of the molecule is CCOC1(C(=O)c2ccc(F)c(C)c2)CCC(C)CC1. The molecule has 0 aromatic heterocycles. The molecule has 2 nitrogen and oxygen atoms in total. The number of halogens is 1. The average Bonchev–Trinajstić information content (AvgIpc) is 2.44. The van der Waals surface area contributed by atoms with Gasteiger partial charge in [0.25, 0.3) is 0 Å². The summed E-state index contributed by atoms with van der Waals surface area (Å²) < 4.78 is 19.2. The first-order valence-corrected chi connectivity index (χ1v) is 7.43. The predicted octanol–water partition coefficient (Wildman–Crippen LogP) is 4.30. The Bertz CT molecular complexity index is 488. The summed E-state index contributed by atoms with van der Waals surface area (Å²) in [5.41, 5.74) is 0.365. The van der Waals surface area contributed by atoms with Crippen molar-refractivity contribution in [2.45, 2.75) is 52.1 Å². The lowest BCUT2D eigenvalue weighted by atomic mass is 9.75. The topological polar surface area (TPSA) is 26.3 Å². The van der Waals surface area contributed by atoms with Gasteiger partial charge in [-0.15, -0.1) is 0 Å². The number of carbonyl (C=O) groups is 1. The van der Waals surface area contributed by atoms with Gasteiger partial charge >= 0.3 is 0 Å². The maximum Gasteiger partial charge on any atom is 0.194 e. The normalized spacial score (nSPS) is 26.5. The van der Waals surface area contributed by atoms with E-state index in [2.05, 4.69) is 6.92 Å². The molecule has 0 bridgehead atoms. The van der Waals surface area contributed by atoms with Crippen molar-refractivity contribution in [1.82, 2.24) is 0 Å². The fraction of sp³-hybridized carbons (Fsp3) is 0.588. The molecular formula is C17H23FO2. The number of Topliss-reactive ketones (excluding diaryl/α,β-unsaturated/α-hetero) is 1. The molecule has 0 unspecified atom stereocenters. The molecule has 20 heavy (non-hydrogen) atoms. The van der Waals surface area contributed by atoms with Crippen molar-refractivity contribution in [3.05, 3.63) is 35.1 Å². The van der Waals surface area contributed by atoms with E-state index in [0.717, 1.165) is 25.7 Å². The Morgan fingerprint density at radius 3 is 2.60 bits per heavy atom. The van der Waals surface area contributed by atoms with Gasteiger partial charge in [0, 0.05) is 12.2 Å². The highest BCUT2D eigenvalue weighted by Gasteiger charge is 2.42. The van der Waals surface area contributed by atoms with Crippen LogP contribution in [0.1, 0.15) is 55.5 Å². The van der Waals surface area contributed by atoms with E-state index in [9.17, 15) is 9.18 Å². The van der Waals surface area contributed by atoms with Crippen LogP contribution < -0.4 is 0 Å². The van der Waals surface area contributed by atoms with E-state index in [4.69, 9.17) is 4.74 Å².